The van der Waals surface area contributed by atoms with Gasteiger partial charge in [0.2, 0.25) is 0 Å². The number of benzene rings is 2. The lowest BCUT2D eigenvalue weighted by Crippen LogP contribution is -2.03. The molecule has 0 bridgehead atoms. The van der Waals surface area contributed by atoms with Crippen molar-refractivity contribution < 1.29 is 9.53 Å². The molecule has 2 aromatic rings. The van der Waals surface area contributed by atoms with Crippen molar-refractivity contribution in [3.05, 3.63) is 71.3 Å². The van der Waals surface area contributed by atoms with Crippen LogP contribution in [0.3, 0.4) is 0 Å². The highest BCUT2D eigenvalue weighted by Crippen LogP contribution is 2.25. The normalized spacial score (nSPS) is 13.3. The first-order valence-electron chi connectivity index (χ1n) is 6.45. The van der Waals surface area contributed by atoms with E-state index in [2.05, 4.69) is 24.3 Å². The van der Waals surface area contributed by atoms with Gasteiger partial charge in [0.25, 0.3) is 0 Å². The van der Waals surface area contributed by atoms with Crippen LogP contribution >= 0.6 is 0 Å². The molecule has 0 spiro atoms. The van der Waals surface area contributed by atoms with Crippen LogP contribution in [0.5, 0.6) is 0 Å². The number of ether oxygens (including phenoxy) is 1. The van der Waals surface area contributed by atoms with Crippen molar-refractivity contribution in [3.8, 4) is 0 Å². The van der Waals surface area contributed by atoms with Gasteiger partial charge in [0.15, 0.2) is 0 Å². The van der Waals surface area contributed by atoms with E-state index in [9.17, 15) is 4.79 Å². The second kappa shape index (κ2) is 5.17. The van der Waals surface area contributed by atoms with Crippen molar-refractivity contribution in [2.24, 2.45) is 0 Å². The maximum Gasteiger partial charge on any atom is 0.337 e. The van der Waals surface area contributed by atoms with Crippen LogP contribution in [0.25, 0.3) is 22.9 Å². The van der Waals surface area contributed by atoms with Gasteiger partial charge in [-0.05, 0) is 46.2 Å². The van der Waals surface area contributed by atoms with Gasteiger partial charge in [-0.15, -0.1) is 0 Å². The molecular formula is C18H14O2. The van der Waals surface area contributed by atoms with E-state index in [4.69, 9.17) is 4.74 Å². The topological polar surface area (TPSA) is 26.3 Å². The lowest BCUT2D eigenvalue weighted by atomic mass is 9.97. The molecular weight excluding hydrogens is 248 g/mol. The van der Waals surface area contributed by atoms with Crippen LogP contribution in [0.1, 0.15) is 11.1 Å². The van der Waals surface area contributed by atoms with Crippen molar-refractivity contribution in [1.82, 2.24) is 0 Å². The summed E-state index contributed by atoms with van der Waals surface area (Å²) in [6.45, 7) is 0. The van der Waals surface area contributed by atoms with Crippen molar-refractivity contribution in [2.75, 3.05) is 7.11 Å². The summed E-state index contributed by atoms with van der Waals surface area (Å²) in [5.74, 6) is -0.323. The Morgan fingerprint density at radius 1 is 0.950 bits per heavy atom. The van der Waals surface area contributed by atoms with Crippen molar-refractivity contribution in [3.63, 3.8) is 0 Å². The maximum absolute atomic E-state index is 11.7. The summed E-state index contributed by atoms with van der Waals surface area (Å²) >= 11 is 0. The Morgan fingerprint density at radius 3 is 2.30 bits per heavy atom. The van der Waals surface area contributed by atoms with Crippen LogP contribution in [0.2, 0.25) is 0 Å². The van der Waals surface area contributed by atoms with E-state index in [-0.39, 0.29) is 5.97 Å². The predicted octanol–water partition coefficient (Wildman–Crippen LogP) is 3.98. The monoisotopic (exact) mass is 262 g/mol. The minimum absolute atomic E-state index is 0.323. The Morgan fingerprint density at radius 2 is 1.60 bits per heavy atom. The van der Waals surface area contributed by atoms with Gasteiger partial charge in [-0.3, -0.25) is 0 Å². The second-order valence-electron chi connectivity index (χ2n) is 4.64. The van der Waals surface area contributed by atoms with E-state index >= 15 is 0 Å². The summed E-state index contributed by atoms with van der Waals surface area (Å²) in [7, 11) is 1.40. The van der Waals surface area contributed by atoms with Gasteiger partial charge in [-0.1, -0.05) is 42.5 Å². The number of carbonyl (C=O) groups excluding carboxylic acids is 1. The average Bonchev–Trinajstić information content (AvgIpc) is 2.46. The highest BCUT2D eigenvalue weighted by molar-refractivity contribution is 5.99. The Labute approximate surface area is 117 Å². The van der Waals surface area contributed by atoms with Crippen LogP contribution in [0.15, 0.2) is 60.2 Å². The van der Waals surface area contributed by atoms with E-state index in [0.717, 1.165) is 16.5 Å². The summed E-state index contributed by atoms with van der Waals surface area (Å²) in [5, 5.41) is 2.35. The molecule has 0 aliphatic heterocycles. The van der Waals surface area contributed by atoms with Crippen molar-refractivity contribution in [1.29, 1.82) is 0 Å². The summed E-state index contributed by atoms with van der Waals surface area (Å²) in [5.41, 5.74) is 2.66. The number of esters is 1. The third kappa shape index (κ3) is 2.28. The van der Waals surface area contributed by atoms with Crippen LogP contribution in [0.4, 0.5) is 0 Å². The zero-order chi connectivity index (χ0) is 13.9. The van der Waals surface area contributed by atoms with E-state index in [1.165, 1.54) is 12.5 Å². The fraction of sp³-hybridized carbons (Fsp3) is 0.0556. The molecule has 2 nitrogen and oxygen atoms in total. The number of hydrogen-bond acceptors (Lipinski definition) is 2. The molecule has 0 amide bonds. The SMILES string of the molecule is COC(=O)C1=Cc2cc3ccccc3cc2C=CC=C1. The molecule has 0 unspecified atom stereocenters. The Hall–Kier alpha value is -2.61. The first-order chi connectivity index (χ1) is 9.78. The Kier molecular flexibility index (Phi) is 3.21. The van der Waals surface area contributed by atoms with Gasteiger partial charge in [-0.2, -0.15) is 0 Å². The van der Waals surface area contributed by atoms with Crippen molar-refractivity contribution >= 4 is 28.9 Å². The summed E-state index contributed by atoms with van der Waals surface area (Å²) in [6.07, 6.45) is 9.46. The van der Waals surface area contributed by atoms with Gasteiger partial charge < -0.3 is 4.74 Å². The largest absolute Gasteiger partial charge is 0.465 e. The fourth-order valence-electron chi connectivity index (χ4n) is 2.32. The predicted molar refractivity (Wildman–Crippen MR) is 82.1 cm³/mol. The minimum atomic E-state index is -0.323. The number of allylic oxidation sites excluding steroid dienone is 2. The van der Waals surface area contributed by atoms with Gasteiger partial charge in [0.05, 0.1) is 12.7 Å². The third-order valence-electron chi connectivity index (χ3n) is 3.35. The molecule has 3 rings (SSSR count). The number of carbonyl (C=O) groups is 1. The molecule has 98 valence electrons. The number of rotatable bonds is 1. The van der Waals surface area contributed by atoms with Gasteiger partial charge in [0.1, 0.15) is 0 Å². The van der Waals surface area contributed by atoms with Crippen LogP contribution in [-0.2, 0) is 9.53 Å². The highest BCUT2D eigenvalue weighted by Gasteiger charge is 2.09. The van der Waals surface area contributed by atoms with E-state index in [1.54, 1.807) is 6.08 Å². The summed E-state index contributed by atoms with van der Waals surface area (Å²) in [6, 6.07) is 12.4. The molecule has 2 heteroatoms. The molecule has 0 radical (unpaired) electrons. The molecule has 0 heterocycles. The molecule has 0 fully saturated rings. The van der Waals surface area contributed by atoms with E-state index in [0.29, 0.717) is 5.57 Å². The number of fused-ring (bicyclic) bond motifs is 2. The first kappa shape index (κ1) is 12.4. The Bertz CT molecular complexity index is 764. The van der Waals surface area contributed by atoms with Crippen LogP contribution in [0, 0.1) is 0 Å². The van der Waals surface area contributed by atoms with Gasteiger partial charge >= 0.3 is 5.97 Å². The second-order valence-corrected chi connectivity index (χ2v) is 4.64. The maximum atomic E-state index is 11.7. The van der Waals surface area contributed by atoms with Gasteiger partial charge in [-0.25, -0.2) is 4.79 Å². The minimum Gasteiger partial charge on any atom is -0.465 e. The van der Waals surface area contributed by atoms with E-state index < -0.39 is 0 Å². The van der Waals surface area contributed by atoms with Crippen LogP contribution in [-0.4, -0.2) is 13.1 Å². The zero-order valence-electron chi connectivity index (χ0n) is 11.2. The summed E-state index contributed by atoms with van der Waals surface area (Å²) in [4.78, 5) is 11.7. The Balaban J connectivity index is 2.22. The lowest BCUT2D eigenvalue weighted by Gasteiger charge is -2.08. The molecule has 1 aliphatic rings. The number of methoxy groups -OCH3 is 1. The quantitative estimate of drug-likeness (QED) is 0.727. The molecule has 0 atom stereocenters. The van der Waals surface area contributed by atoms with Crippen molar-refractivity contribution in [2.45, 2.75) is 0 Å². The average molecular weight is 262 g/mol. The zero-order valence-corrected chi connectivity index (χ0v) is 11.2. The number of hydrogen-bond donors (Lipinski definition) is 0. The standard InChI is InChI=1S/C18H14O2/c1-20-18(19)16-9-5-4-8-15-10-13-6-2-3-7-14(13)11-17(15)12-16/h2-12H,1H3. The fourth-order valence-corrected chi connectivity index (χ4v) is 2.32. The first-order valence-corrected chi connectivity index (χ1v) is 6.45. The smallest absolute Gasteiger partial charge is 0.337 e. The van der Waals surface area contributed by atoms with Gasteiger partial charge in [0, 0.05) is 0 Å². The highest BCUT2D eigenvalue weighted by atomic mass is 16.5. The summed E-state index contributed by atoms with van der Waals surface area (Å²) < 4.78 is 4.81. The van der Waals surface area contributed by atoms with Crippen LogP contribution < -0.4 is 0 Å². The lowest BCUT2D eigenvalue weighted by molar-refractivity contribution is -0.135. The molecule has 1 aliphatic carbocycles. The van der Waals surface area contributed by atoms with E-state index in [1.807, 2.05) is 36.4 Å². The molecule has 0 aromatic heterocycles. The molecule has 20 heavy (non-hydrogen) atoms. The third-order valence-corrected chi connectivity index (χ3v) is 3.35. The molecule has 0 saturated heterocycles. The molecule has 0 saturated carbocycles. The molecule has 2 aromatic carbocycles. The molecule has 0 N–H and O–H groups in total.